The van der Waals surface area contributed by atoms with E-state index in [9.17, 15) is 10.1 Å². The summed E-state index contributed by atoms with van der Waals surface area (Å²) < 4.78 is 1.51. The average Bonchev–Trinajstić information content (AvgIpc) is 2.82. The monoisotopic (exact) mass is 280 g/mol. The Morgan fingerprint density at radius 1 is 1.47 bits per heavy atom. The Bertz CT molecular complexity index is 597. The normalized spacial score (nSPS) is 10.4. The van der Waals surface area contributed by atoms with Crippen molar-refractivity contribution >= 4 is 23.0 Å². The van der Waals surface area contributed by atoms with Crippen LogP contribution >= 0.6 is 11.6 Å². The van der Waals surface area contributed by atoms with Gasteiger partial charge in [0.15, 0.2) is 0 Å². The van der Waals surface area contributed by atoms with Gasteiger partial charge in [-0.25, -0.2) is 4.68 Å². The molecule has 19 heavy (non-hydrogen) atoms. The molecule has 0 aliphatic carbocycles. The van der Waals surface area contributed by atoms with Gasteiger partial charge in [-0.3, -0.25) is 10.1 Å². The van der Waals surface area contributed by atoms with Crippen molar-refractivity contribution in [2.75, 3.05) is 11.9 Å². The van der Waals surface area contributed by atoms with Crippen molar-refractivity contribution in [3.63, 3.8) is 0 Å². The second kappa shape index (κ2) is 5.71. The lowest BCUT2D eigenvalue weighted by atomic mass is 10.2. The molecule has 7 heteroatoms. The maximum Gasteiger partial charge on any atom is 0.273 e. The molecule has 0 amide bonds. The maximum atomic E-state index is 10.9. The van der Waals surface area contributed by atoms with Gasteiger partial charge >= 0.3 is 0 Å². The SMILES string of the molecule is CCCNc1cc(-n2cc(Cl)cn2)cc([N+](=O)[O-])c1. The van der Waals surface area contributed by atoms with Crippen molar-refractivity contribution in [1.29, 1.82) is 0 Å². The number of aromatic nitrogens is 2. The molecule has 0 fully saturated rings. The highest BCUT2D eigenvalue weighted by molar-refractivity contribution is 6.30. The van der Waals surface area contributed by atoms with Crippen molar-refractivity contribution in [3.8, 4) is 5.69 Å². The van der Waals surface area contributed by atoms with Crippen molar-refractivity contribution in [3.05, 3.63) is 45.7 Å². The summed E-state index contributed by atoms with van der Waals surface area (Å²) in [7, 11) is 0. The van der Waals surface area contributed by atoms with Gasteiger partial charge in [-0.2, -0.15) is 5.10 Å². The topological polar surface area (TPSA) is 73.0 Å². The quantitative estimate of drug-likeness (QED) is 0.674. The van der Waals surface area contributed by atoms with Gasteiger partial charge in [0, 0.05) is 30.6 Å². The van der Waals surface area contributed by atoms with Crippen LogP contribution in [-0.4, -0.2) is 21.2 Å². The highest BCUT2D eigenvalue weighted by Crippen LogP contribution is 2.24. The fourth-order valence-corrected chi connectivity index (χ4v) is 1.78. The van der Waals surface area contributed by atoms with Crippen molar-refractivity contribution in [2.45, 2.75) is 13.3 Å². The third-order valence-corrected chi connectivity index (χ3v) is 2.70. The lowest BCUT2D eigenvalue weighted by Gasteiger charge is -2.08. The van der Waals surface area contributed by atoms with Crippen LogP contribution in [0.2, 0.25) is 5.02 Å². The van der Waals surface area contributed by atoms with Gasteiger partial charge < -0.3 is 5.32 Å². The minimum Gasteiger partial charge on any atom is -0.385 e. The van der Waals surface area contributed by atoms with Crippen LogP contribution in [0.3, 0.4) is 0 Å². The van der Waals surface area contributed by atoms with E-state index in [1.807, 2.05) is 6.92 Å². The molecule has 0 aliphatic heterocycles. The first-order valence-corrected chi connectivity index (χ1v) is 6.22. The van der Waals surface area contributed by atoms with Crippen LogP contribution in [0.1, 0.15) is 13.3 Å². The Hall–Kier alpha value is -2.08. The number of nitro groups is 1. The number of rotatable bonds is 5. The molecule has 0 saturated heterocycles. The molecule has 0 saturated carbocycles. The number of anilines is 1. The number of nitrogens with zero attached hydrogens (tertiary/aromatic N) is 3. The summed E-state index contributed by atoms with van der Waals surface area (Å²) in [6, 6.07) is 4.76. The number of nitrogens with one attached hydrogen (secondary N) is 1. The lowest BCUT2D eigenvalue weighted by Crippen LogP contribution is -2.03. The molecule has 1 heterocycles. The fourth-order valence-electron chi connectivity index (χ4n) is 1.65. The average molecular weight is 281 g/mol. The Labute approximate surface area is 115 Å². The maximum absolute atomic E-state index is 10.9. The van der Waals surface area contributed by atoms with E-state index in [1.54, 1.807) is 12.3 Å². The summed E-state index contributed by atoms with van der Waals surface area (Å²) in [6.45, 7) is 2.78. The van der Waals surface area contributed by atoms with Gasteiger partial charge in [0.05, 0.1) is 21.8 Å². The van der Waals surface area contributed by atoms with Crippen LogP contribution in [0, 0.1) is 10.1 Å². The van der Waals surface area contributed by atoms with E-state index in [-0.39, 0.29) is 5.69 Å². The van der Waals surface area contributed by atoms with E-state index in [1.165, 1.54) is 23.0 Å². The summed E-state index contributed by atoms with van der Waals surface area (Å²) in [5.41, 5.74) is 1.31. The molecule has 1 N–H and O–H groups in total. The molecule has 0 unspecified atom stereocenters. The first-order valence-electron chi connectivity index (χ1n) is 5.84. The van der Waals surface area contributed by atoms with Crippen molar-refractivity contribution < 1.29 is 4.92 Å². The molecule has 0 atom stereocenters. The predicted octanol–water partition coefficient (Wildman–Crippen LogP) is 3.26. The zero-order valence-electron chi connectivity index (χ0n) is 10.3. The zero-order chi connectivity index (χ0) is 13.8. The van der Waals surface area contributed by atoms with Crippen LogP contribution in [0.5, 0.6) is 0 Å². The van der Waals surface area contributed by atoms with E-state index in [4.69, 9.17) is 11.6 Å². The van der Waals surface area contributed by atoms with Crippen LogP contribution in [-0.2, 0) is 0 Å². The molecule has 0 spiro atoms. The van der Waals surface area contributed by atoms with Crippen molar-refractivity contribution in [2.24, 2.45) is 0 Å². The number of hydrogen-bond donors (Lipinski definition) is 1. The van der Waals surface area contributed by atoms with E-state index in [0.29, 0.717) is 16.4 Å². The minimum atomic E-state index is -0.425. The fraction of sp³-hybridized carbons (Fsp3) is 0.250. The van der Waals surface area contributed by atoms with Gasteiger partial charge in [0.25, 0.3) is 5.69 Å². The Morgan fingerprint density at radius 2 is 2.26 bits per heavy atom. The number of non-ortho nitro benzene ring substituents is 1. The molecule has 2 aromatic rings. The highest BCUT2D eigenvalue weighted by Gasteiger charge is 2.11. The van der Waals surface area contributed by atoms with Gasteiger partial charge in [0.2, 0.25) is 0 Å². The number of nitro benzene ring substituents is 1. The summed E-state index contributed by atoms with van der Waals surface area (Å²) >= 11 is 5.80. The van der Waals surface area contributed by atoms with E-state index >= 15 is 0 Å². The summed E-state index contributed by atoms with van der Waals surface area (Å²) in [4.78, 5) is 10.5. The van der Waals surface area contributed by atoms with Crippen LogP contribution < -0.4 is 5.32 Å². The number of halogens is 1. The first kappa shape index (κ1) is 13.4. The molecule has 1 aromatic carbocycles. The standard InChI is InChI=1S/C12H13ClN4O2/c1-2-3-14-10-4-11(6-12(5-10)17(18)19)16-8-9(13)7-15-16/h4-8,14H,2-3H2,1H3. The summed E-state index contributed by atoms with van der Waals surface area (Å²) in [5, 5.41) is 18.6. The van der Waals surface area contributed by atoms with Gasteiger partial charge in [-0.15, -0.1) is 0 Å². The third-order valence-electron chi connectivity index (χ3n) is 2.51. The third kappa shape index (κ3) is 3.23. The molecule has 6 nitrogen and oxygen atoms in total. The van der Waals surface area contributed by atoms with Gasteiger partial charge in [-0.1, -0.05) is 18.5 Å². The number of hydrogen-bond acceptors (Lipinski definition) is 4. The lowest BCUT2D eigenvalue weighted by molar-refractivity contribution is -0.384. The van der Waals surface area contributed by atoms with Crippen LogP contribution in [0.25, 0.3) is 5.69 Å². The largest absolute Gasteiger partial charge is 0.385 e. The molecule has 2 rings (SSSR count). The molecule has 1 aromatic heterocycles. The minimum absolute atomic E-state index is 0.0164. The Kier molecular flexibility index (Phi) is 4.01. The molecule has 0 radical (unpaired) electrons. The smallest absolute Gasteiger partial charge is 0.273 e. The van der Waals surface area contributed by atoms with Gasteiger partial charge in [-0.05, 0) is 12.5 Å². The Balaban J connectivity index is 2.41. The predicted molar refractivity (Wildman–Crippen MR) is 74.0 cm³/mol. The van der Waals surface area contributed by atoms with Crippen LogP contribution in [0.4, 0.5) is 11.4 Å². The molecule has 100 valence electrons. The van der Waals surface area contributed by atoms with Crippen molar-refractivity contribution in [1.82, 2.24) is 9.78 Å². The number of benzene rings is 1. The van der Waals surface area contributed by atoms with Crippen LogP contribution in [0.15, 0.2) is 30.6 Å². The van der Waals surface area contributed by atoms with E-state index in [2.05, 4.69) is 10.4 Å². The molecular weight excluding hydrogens is 268 g/mol. The highest BCUT2D eigenvalue weighted by atomic mass is 35.5. The second-order valence-corrected chi connectivity index (χ2v) is 4.46. The molecule has 0 bridgehead atoms. The summed E-state index contributed by atoms with van der Waals surface area (Å²) in [6.07, 6.45) is 4.02. The summed E-state index contributed by atoms with van der Waals surface area (Å²) in [5.74, 6) is 0. The van der Waals surface area contributed by atoms with E-state index in [0.717, 1.165) is 13.0 Å². The van der Waals surface area contributed by atoms with Gasteiger partial charge in [0.1, 0.15) is 0 Å². The molecule has 0 aliphatic rings. The zero-order valence-corrected chi connectivity index (χ0v) is 11.1. The first-order chi connectivity index (χ1) is 9.10. The second-order valence-electron chi connectivity index (χ2n) is 4.03. The molecular formula is C12H13ClN4O2. The Morgan fingerprint density at radius 3 is 2.84 bits per heavy atom. The van der Waals surface area contributed by atoms with E-state index < -0.39 is 4.92 Å².